The molecule has 2 aromatic carbocycles. The van der Waals surface area contributed by atoms with Gasteiger partial charge < -0.3 is 10.1 Å². The maximum absolute atomic E-state index is 11.8. The first-order chi connectivity index (χ1) is 10.7. The maximum Gasteiger partial charge on any atom is 0.249 e. The van der Waals surface area contributed by atoms with Gasteiger partial charge >= 0.3 is 0 Å². The van der Waals surface area contributed by atoms with Gasteiger partial charge in [0, 0.05) is 18.2 Å². The third-order valence-electron chi connectivity index (χ3n) is 3.39. The number of hydrogen-bond acceptors (Lipinski definition) is 4. The molecule has 112 valence electrons. The summed E-state index contributed by atoms with van der Waals surface area (Å²) in [6.07, 6.45) is 0.845. The van der Waals surface area contributed by atoms with Gasteiger partial charge in [0.15, 0.2) is 0 Å². The minimum atomic E-state index is -0.398. The van der Waals surface area contributed by atoms with E-state index in [0.29, 0.717) is 18.6 Å². The number of amides is 2. The summed E-state index contributed by atoms with van der Waals surface area (Å²) >= 11 is 0. The van der Waals surface area contributed by atoms with Gasteiger partial charge in [-0.3, -0.25) is 14.9 Å². The van der Waals surface area contributed by atoms with Crippen molar-refractivity contribution in [2.75, 3.05) is 5.32 Å². The largest absolute Gasteiger partial charge is 0.457 e. The molecule has 0 aliphatic carbocycles. The lowest BCUT2D eigenvalue weighted by atomic mass is 10.1. The molecule has 22 heavy (non-hydrogen) atoms. The van der Waals surface area contributed by atoms with Crippen molar-refractivity contribution < 1.29 is 14.3 Å². The molecule has 3 rings (SSSR count). The highest BCUT2D eigenvalue weighted by molar-refractivity contribution is 6.01. The Kier molecular flexibility index (Phi) is 4.05. The molecule has 0 spiro atoms. The van der Waals surface area contributed by atoms with E-state index in [1.165, 1.54) is 0 Å². The van der Waals surface area contributed by atoms with Gasteiger partial charge in [0.2, 0.25) is 11.8 Å². The van der Waals surface area contributed by atoms with Gasteiger partial charge in [-0.15, -0.1) is 0 Å². The molecular formula is C17H16N2O3. The number of imide groups is 1. The molecule has 2 N–H and O–H groups in total. The van der Waals surface area contributed by atoms with Gasteiger partial charge in [-0.1, -0.05) is 24.3 Å². The molecule has 0 aromatic heterocycles. The molecule has 0 saturated carbocycles. The number of para-hydroxylation sites is 1. The standard InChI is InChI=1S/C17H16N2O3/c20-16-10-9-15(17(21)19-16)18-12-5-4-8-14(11-12)22-13-6-2-1-3-7-13/h1-8,11,15,18H,9-10H2,(H,19,20,21). The number of nitrogens with one attached hydrogen (secondary N) is 2. The van der Waals surface area contributed by atoms with E-state index in [1.807, 2.05) is 54.6 Å². The Balaban J connectivity index is 1.69. The van der Waals surface area contributed by atoms with E-state index in [4.69, 9.17) is 4.74 Å². The van der Waals surface area contributed by atoms with Crippen LogP contribution in [0.4, 0.5) is 5.69 Å². The summed E-state index contributed by atoms with van der Waals surface area (Å²) in [5.74, 6) is 0.930. The number of benzene rings is 2. The highest BCUT2D eigenvalue weighted by Gasteiger charge is 2.26. The molecule has 0 radical (unpaired) electrons. The first-order valence-electron chi connectivity index (χ1n) is 7.14. The SMILES string of the molecule is O=C1CCC(Nc2cccc(Oc3ccccc3)c2)C(=O)N1. The first kappa shape index (κ1) is 14.1. The van der Waals surface area contributed by atoms with E-state index in [0.717, 1.165) is 11.4 Å². The topological polar surface area (TPSA) is 67.4 Å². The zero-order valence-corrected chi connectivity index (χ0v) is 11.9. The van der Waals surface area contributed by atoms with E-state index in [-0.39, 0.29) is 11.8 Å². The predicted molar refractivity (Wildman–Crippen MR) is 82.8 cm³/mol. The van der Waals surface area contributed by atoms with Crippen LogP contribution < -0.4 is 15.4 Å². The molecule has 0 bridgehead atoms. The highest BCUT2D eigenvalue weighted by atomic mass is 16.5. The van der Waals surface area contributed by atoms with Crippen molar-refractivity contribution in [3.05, 3.63) is 54.6 Å². The van der Waals surface area contributed by atoms with Gasteiger partial charge in [0.25, 0.3) is 0 Å². The zero-order valence-electron chi connectivity index (χ0n) is 11.9. The minimum Gasteiger partial charge on any atom is -0.457 e. The van der Waals surface area contributed by atoms with Gasteiger partial charge in [-0.25, -0.2) is 0 Å². The normalized spacial score (nSPS) is 17.7. The summed E-state index contributed by atoms with van der Waals surface area (Å²) in [5, 5.41) is 5.47. The fraction of sp³-hybridized carbons (Fsp3) is 0.176. The zero-order chi connectivity index (χ0) is 15.4. The van der Waals surface area contributed by atoms with Crippen molar-refractivity contribution >= 4 is 17.5 Å². The molecule has 1 aliphatic heterocycles. The number of carbonyl (C=O) groups is 2. The number of ether oxygens (including phenoxy) is 1. The highest BCUT2D eigenvalue weighted by Crippen LogP contribution is 2.24. The van der Waals surface area contributed by atoms with E-state index in [1.54, 1.807) is 0 Å². The lowest BCUT2D eigenvalue weighted by Crippen LogP contribution is -2.47. The second-order valence-electron chi connectivity index (χ2n) is 5.09. The molecule has 5 heteroatoms. The van der Waals surface area contributed by atoms with E-state index >= 15 is 0 Å². The number of rotatable bonds is 4. The van der Waals surface area contributed by atoms with Gasteiger partial charge in [-0.2, -0.15) is 0 Å². The van der Waals surface area contributed by atoms with Crippen molar-refractivity contribution in [2.24, 2.45) is 0 Å². The molecule has 1 saturated heterocycles. The van der Waals surface area contributed by atoms with Crippen molar-refractivity contribution in [3.63, 3.8) is 0 Å². The Morgan fingerprint density at radius 2 is 1.77 bits per heavy atom. The van der Waals surface area contributed by atoms with E-state index in [2.05, 4.69) is 10.6 Å². The van der Waals surface area contributed by atoms with E-state index < -0.39 is 6.04 Å². The smallest absolute Gasteiger partial charge is 0.249 e. The summed E-state index contributed by atoms with van der Waals surface area (Å²) in [7, 11) is 0. The summed E-state index contributed by atoms with van der Waals surface area (Å²) in [6.45, 7) is 0. The number of piperidine rings is 1. The maximum atomic E-state index is 11.8. The van der Waals surface area contributed by atoms with Crippen LogP contribution in [0.25, 0.3) is 0 Å². The molecule has 2 amide bonds. The Bertz CT molecular complexity index is 685. The van der Waals surface area contributed by atoms with Crippen LogP contribution in [0.2, 0.25) is 0 Å². The van der Waals surface area contributed by atoms with E-state index in [9.17, 15) is 9.59 Å². The molecule has 1 fully saturated rings. The molecule has 1 atom stereocenters. The average Bonchev–Trinajstić information content (AvgIpc) is 2.52. The quantitative estimate of drug-likeness (QED) is 0.851. The second-order valence-corrected chi connectivity index (χ2v) is 5.09. The first-order valence-corrected chi connectivity index (χ1v) is 7.14. The monoisotopic (exact) mass is 296 g/mol. The van der Waals surface area contributed by atoms with Crippen LogP contribution in [0.15, 0.2) is 54.6 Å². The molecule has 1 aliphatic rings. The fourth-order valence-corrected chi connectivity index (χ4v) is 2.31. The second kappa shape index (κ2) is 6.30. The van der Waals surface area contributed by atoms with Crippen molar-refractivity contribution in [1.82, 2.24) is 5.32 Å². The molecule has 1 unspecified atom stereocenters. The lowest BCUT2D eigenvalue weighted by Gasteiger charge is -2.23. The van der Waals surface area contributed by atoms with Crippen LogP contribution in [-0.2, 0) is 9.59 Å². The molecule has 1 heterocycles. The van der Waals surface area contributed by atoms with Crippen LogP contribution >= 0.6 is 0 Å². The Labute approximate surface area is 128 Å². The molecule has 5 nitrogen and oxygen atoms in total. The van der Waals surface area contributed by atoms with Crippen LogP contribution in [0.5, 0.6) is 11.5 Å². The average molecular weight is 296 g/mol. The van der Waals surface area contributed by atoms with Crippen LogP contribution in [0.1, 0.15) is 12.8 Å². The van der Waals surface area contributed by atoms with Crippen LogP contribution in [0, 0.1) is 0 Å². The number of carbonyl (C=O) groups excluding carboxylic acids is 2. The minimum absolute atomic E-state index is 0.218. The van der Waals surface area contributed by atoms with Crippen molar-refractivity contribution in [2.45, 2.75) is 18.9 Å². The van der Waals surface area contributed by atoms with Gasteiger partial charge in [-0.05, 0) is 30.7 Å². The van der Waals surface area contributed by atoms with Crippen molar-refractivity contribution in [1.29, 1.82) is 0 Å². The van der Waals surface area contributed by atoms with Gasteiger partial charge in [0.05, 0.1) is 0 Å². The summed E-state index contributed by atoms with van der Waals surface area (Å²) in [5.41, 5.74) is 0.780. The predicted octanol–water partition coefficient (Wildman–Crippen LogP) is 2.70. The van der Waals surface area contributed by atoms with Crippen LogP contribution in [-0.4, -0.2) is 17.9 Å². The summed E-state index contributed by atoms with van der Waals surface area (Å²) in [4.78, 5) is 22.9. The van der Waals surface area contributed by atoms with Crippen LogP contribution in [0.3, 0.4) is 0 Å². The Hall–Kier alpha value is -2.82. The fourth-order valence-electron chi connectivity index (χ4n) is 2.31. The Morgan fingerprint density at radius 3 is 2.55 bits per heavy atom. The summed E-state index contributed by atoms with van der Waals surface area (Å²) < 4.78 is 5.76. The number of hydrogen-bond donors (Lipinski definition) is 2. The Morgan fingerprint density at radius 1 is 1.00 bits per heavy atom. The number of anilines is 1. The van der Waals surface area contributed by atoms with Gasteiger partial charge in [0.1, 0.15) is 17.5 Å². The lowest BCUT2D eigenvalue weighted by molar-refractivity contribution is -0.133. The van der Waals surface area contributed by atoms with Crippen molar-refractivity contribution in [3.8, 4) is 11.5 Å². The third kappa shape index (κ3) is 3.44. The summed E-state index contributed by atoms with van der Waals surface area (Å²) in [6, 6.07) is 16.5. The third-order valence-corrected chi connectivity index (χ3v) is 3.39. The molecular weight excluding hydrogens is 280 g/mol. The molecule has 2 aromatic rings.